The monoisotopic (exact) mass is 364 g/mol. The second-order valence-corrected chi connectivity index (χ2v) is 5.25. The maximum absolute atomic E-state index is 13.4. The standard InChI is InChI=1S/C15H13F9/c1-10(7-8-11-5-3-2-4-6-11)9-12(16,17)13(18,19)14(20,21)15(22,23)24/h2-6,9H,7-8H2,1H3/b10-9+. The van der Waals surface area contributed by atoms with Gasteiger partial charge in [-0.3, -0.25) is 0 Å². The SMILES string of the molecule is C/C(=C\C(F)(F)C(F)(F)C(F)(F)C(F)(F)F)CCc1ccccc1. The summed E-state index contributed by atoms with van der Waals surface area (Å²) in [5.74, 6) is -19.1. The molecule has 0 bridgehead atoms. The Hall–Kier alpha value is -1.67. The number of rotatable bonds is 6. The van der Waals surface area contributed by atoms with Crippen LogP contribution in [-0.2, 0) is 6.42 Å². The van der Waals surface area contributed by atoms with E-state index in [1.165, 1.54) is 0 Å². The van der Waals surface area contributed by atoms with Crippen molar-refractivity contribution in [3.05, 3.63) is 47.5 Å². The van der Waals surface area contributed by atoms with Gasteiger partial charge in [0.15, 0.2) is 0 Å². The highest BCUT2D eigenvalue weighted by molar-refractivity contribution is 5.19. The van der Waals surface area contributed by atoms with Crippen LogP contribution in [0.1, 0.15) is 18.9 Å². The summed E-state index contributed by atoms with van der Waals surface area (Å²) in [6.45, 7) is 0.957. The van der Waals surface area contributed by atoms with Crippen LogP contribution in [0.15, 0.2) is 42.0 Å². The van der Waals surface area contributed by atoms with Gasteiger partial charge < -0.3 is 0 Å². The molecule has 0 fully saturated rings. The zero-order valence-electron chi connectivity index (χ0n) is 12.3. The molecular weight excluding hydrogens is 351 g/mol. The number of allylic oxidation sites excluding steroid dienone is 2. The molecule has 0 amide bonds. The van der Waals surface area contributed by atoms with Gasteiger partial charge in [0.25, 0.3) is 0 Å². The van der Waals surface area contributed by atoms with Crippen molar-refractivity contribution >= 4 is 0 Å². The molecule has 24 heavy (non-hydrogen) atoms. The molecule has 0 heterocycles. The van der Waals surface area contributed by atoms with Crippen molar-refractivity contribution in [3.63, 3.8) is 0 Å². The van der Waals surface area contributed by atoms with Crippen LogP contribution in [0.4, 0.5) is 39.5 Å². The molecular formula is C15H13F9. The lowest BCUT2D eigenvalue weighted by atomic mass is 9.99. The molecule has 0 aliphatic rings. The van der Waals surface area contributed by atoms with Crippen molar-refractivity contribution in [1.29, 1.82) is 0 Å². The molecule has 1 aromatic rings. The fourth-order valence-corrected chi connectivity index (χ4v) is 1.85. The molecule has 1 rings (SSSR count). The number of hydrogen-bond donors (Lipinski definition) is 0. The molecule has 0 atom stereocenters. The molecule has 0 saturated heterocycles. The molecule has 9 heteroatoms. The summed E-state index contributed by atoms with van der Waals surface area (Å²) in [4.78, 5) is 0. The van der Waals surface area contributed by atoms with E-state index < -0.39 is 35.6 Å². The van der Waals surface area contributed by atoms with Crippen molar-refractivity contribution in [2.45, 2.75) is 43.7 Å². The minimum absolute atomic E-state index is 0.139. The zero-order chi connectivity index (χ0) is 18.8. The molecule has 136 valence electrons. The summed E-state index contributed by atoms with van der Waals surface area (Å²) < 4.78 is 114. The van der Waals surface area contributed by atoms with Gasteiger partial charge in [-0.05, 0) is 31.4 Å². The van der Waals surface area contributed by atoms with E-state index in [0.717, 1.165) is 6.92 Å². The fourth-order valence-electron chi connectivity index (χ4n) is 1.85. The third kappa shape index (κ3) is 4.05. The molecule has 0 nitrogen and oxygen atoms in total. The number of halogens is 9. The van der Waals surface area contributed by atoms with Gasteiger partial charge in [-0.15, -0.1) is 0 Å². The molecule has 0 aromatic heterocycles. The molecule has 0 saturated carbocycles. The Balaban J connectivity index is 2.97. The Morgan fingerprint density at radius 2 is 1.33 bits per heavy atom. The molecule has 0 aliphatic heterocycles. The van der Waals surface area contributed by atoms with Crippen molar-refractivity contribution in [2.75, 3.05) is 0 Å². The summed E-state index contributed by atoms with van der Waals surface area (Å²) in [6.07, 6.45) is -7.39. The third-order valence-corrected chi connectivity index (χ3v) is 3.25. The van der Waals surface area contributed by atoms with Crippen LogP contribution in [0.3, 0.4) is 0 Å². The summed E-state index contributed by atoms with van der Waals surface area (Å²) in [6, 6.07) is 8.21. The van der Waals surface area contributed by atoms with Gasteiger partial charge in [0, 0.05) is 0 Å². The predicted octanol–water partition coefficient (Wildman–Crippen LogP) is 6.03. The number of benzene rings is 1. The Labute approximate surface area is 132 Å². The minimum atomic E-state index is -6.86. The van der Waals surface area contributed by atoms with Crippen LogP contribution in [-0.4, -0.2) is 23.9 Å². The molecule has 0 unspecified atom stereocenters. The van der Waals surface area contributed by atoms with E-state index in [1.54, 1.807) is 30.3 Å². The highest BCUT2D eigenvalue weighted by atomic mass is 19.4. The van der Waals surface area contributed by atoms with E-state index in [4.69, 9.17) is 0 Å². The lowest BCUT2D eigenvalue weighted by Gasteiger charge is -2.32. The Morgan fingerprint density at radius 3 is 1.79 bits per heavy atom. The van der Waals surface area contributed by atoms with Gasteiger partial charge in [0.2, 0.25) is 0 Å². The van der Waals surface area contributed by atoms with Gasteiger partial charge in [0.05, 0.1) is 0 Å². The van der Waals surface area contributed by atoms with Crippen molar-refractivity contribution in [2.24, 2.45) is 0 Å². The summed E-state index contributed by atoms with van der Waals surface area (Å²) in [5, 5.41) is 0. The van der Waals surface area contributed by atoms with Crippen LogP contribution in [0.5, 0.6) is 0 Å². The molecule has 0 radical (unpaired) electrons. The van der Waals surface area contributed by atoms with Gasteiger partial charge in [-0.1, -0.05) is 35.9 Å². The lowest BCUT2D eigenvalue weighted by Crippen LogP contribution is -2.60. The summed E-state index contributed by atoms with van der Waals surface area (Å²) >= 11 is 0. The van der Waals surface area contributed by atoms with Gasteiger partial charge in [0.1, 0.15) is 0 Å². The first kappa shape index (κ1) is 20.4. The average Bonchev–Trinajstić information content (AvgIpc) is 2.44. The number of alkyl halides is 9. The van der Waals surface area contributed by atoms with Gasteiger partial charge in [-0.25, -0.2) is 0 Å². The van der Waals surface area contributed by atoms with E-state index in [0.29, 0.717) is 5.56 Å². The molecule has 0 spiro atoms. The van der Waals surface area contributed by atoms with E-state index in [-0.39, 0.29) is 12.8 Å². The van der Waals surface area contributed by atoms with Crippen molar-refractivity contribution < 1.29 is 39.5 Å². The van der Waals surface area contributed by atoms with Crippen molar-refractivity contribution in [3.8, 4) is 0 Å². The maximum Gasteiger partial charge on any atom is 0.460 e. The molecule has 0 aliphatic carbocycles. The normalized spacial score (nSPS) is 14.8. The van der Waals surface area contributed by atoms with Gasteiger partial charge in [-0.2, -0.15) is 39.5 Å². The Bertz CT molecular complexity index is 570. The highest BCUT2D eigenvalue weighted by Crippen LogP contribution is 2.53. The van der Waals surface area contributed by atoms with Gasteiger partial charge >= 0.3 is 23.9 Å². The smallest absolute Gasteiger partial charge is 0.195 e. The predicted molar refractivity (Wildman–Crippen MR) is 69.4 cm³/mol. The minimum Gasteiger partial charge on any atom is -0.195 e. The Kier molecular flexibility index (Phi) is 5.67. The lowest BCUT2D eigenvalue weighted by molar-refractivity contribution is -0.388. The van der Waals surface area contributed by atoms with Crippen LogP contribution in [0, 0.1) is 0 Å². The first-order valence-corrected chi connectivity index (χ1v) is 6.65. The topological polar surface area (TPSA) is 0 Å². The first-order chi connectivity index (χ1) is 10.7. The van der Waals surface area contributed by atoms with E-state index in [2.05, 4.69) is 0 Å². The zero-order valence-corrected chi connectivity index (χ0v) is 12.3. The molecule has 0 N–H and O–H groups in total. The first-order valence-electron chi connectivity index (χ1n) is 6.65. The largest absolute Gasteiger partial charge is 0.460 e. The van der Waals surface area contributed by atoms with E-state index >= 15 is 0 Å². The summed E-state index contributed by atoms with van der Waals surface area (Å²) in [7, 11) is 0. The van der Waals surface area contributed by atoms with Crippen LogP contribution in [0.25, 0.3) is 0 Å². The number of hydrogen-bond acceptors (Lipinski definition) is 0. The van der Waals surface area contributed by atoms with Crippen LogP contribution >= 0.6 is 0 Å². The van der Waals surface area contributed by atoms with Crippen molar-refractivity contribution in [1.82, 2.24) is 0 Å². The highest BCUT2D eigenvalue weighted by Gasteiger charge is 2.81. The van der Waals surface area contributed by atoms with Crippen LogP contribution < -0.4 is 0 Å². The fraction of sp³-hybridized carbons (Fsp3) is 0.467. The van der Waals surface area contributed by atoms with Crippen LogP contribution in [0.2, 0.25) is 0 Å². The average molecular weight is 364 g/mol. The summed E-state index contributed by atoms with van der Waals surface area (Å²) in [5.41, 5.74) is 0.238. The molecule has 1 aromatic carbocycles. The second kappa shape index (κ2) is 6.68. The third-order valence-electron chi connectivity index (χ3n) is 3.25. The number of aryl methyl sites for hydroxylation is 1. The Morgan fingerprint density at radius 1 is 0.833 bits per heavy atom. The maximum atomic E-state index is 13.4. The van der Waals surface area contributed by atoms with E-state index in [1.807, 2.05) is 0 Å². The van der Waals surface area contributed by atoms with E-state index in [9.17, 15) is 39.5 Å². The second-order valence-electron chi connectivity index (χ2n) is 5.25. The quantitative estimate of drug-likeness (QED) is 0.427.